The average molecular weight is 354 g/mol. The molecule has 0 radical (unpaired) electrons. The first kappa shape index (κ1) is 18.8. The standard InChI is InChI=1S/C12H11ClF7NO/c1-5-3-7(4-8(13)9(5)21-6(2)22)10(14,11(15,16)17)12(18,19)20/h3,7H,4H2,1-2H3,(H,21,22). The van der Waals surface area contributed by atoms with Crippen LogP contribution in [0, 0.1) is 5.92 Å². The van der Waals surface area contributed by atoms with Crippen molar-refractivity contribution in [2.45, 2.75) is 38.3 Å². The first-order valence-electron chi connectivity index (χ1n) is 5.89. The van der Waals surface area contributed by atoms with Gasteiger partial charge in [-0.3, -0.25) is 4.79 Å². The highest BCUT2D eigenvalue weighted by atomic mass is 35.5. The van der Waals surface area contributed by atoms with Crippen molar-refractivity contribution in [2.24, 2.45) is 5.92 Å². The minimum Gasteiger partial charge on any atom is -0.325 e. The van der Waals surface area contributed by atoms with E-state index in [9.17, 15) is 35.5 Å². The van der Waals surface area contributed by atoms with E-state index in [4.69, 9.17) is 11.6 Å². The lowest BCUT2D eigenvalue weighted by Crippen LogP contribution is -2.58. The van der Waals surface area contributed by atoms with Crippen molar-refractivity contribution in [1.82, 2.24) is 5.32 Å². The molecule has 0 aromatic carbocycles. The molecule has 1 amide bonds. The van der Waals surface area contributed by atoms with Gasteiger partial charge < -0.3 is 5.32 Å². The molecule has 0 spiro atoms. The Hall–Kier alpha value is -1.25. The summed E-state index contributed by atoms with van der Waals surface area (Å²) in [4.78, 5) is 10.9. The summed E-state index contributed by atoms with van der Waals surface area (Å²) in [5, 5.41) is 1.71. The van der Waals surface area contributed by atoms with Gasteiger partial charge in [-0.25, -0.2) is 4.39 Å². The molecule has 1 unspecified atom stereocenters. The minimum atomic E-state index is -6.16. The zero-order chi connectivity index (χ0) is 17.5. The summed E-state index contributed by atoms with van der Waals surface area (Å²) in [6, 6.07) is 0. The quantitative estimate of drug-likeness (QED) is 0.734. The van der Waals surface area contributed by atoms with Crippen LogP contribution in [0.1, 0.15) is 20.3 Å². The molecular weight excluding hydrogens is 343 g/mol. The van der Waals surface area contributed by atoms with E-state index in [-0.39, 0.29) is 11.3 Å². The number of carbonyl (C=O) groups excluding carboxylic acids is 1. The molecule has 1 atom stereocenters. The van der Waals surface area contributed by atoms with Crippen LogP contribution in [0.15, 0.2) is 22.4 Å². The van der Waals surface area contributed by atoms with E-state index in [0.717, 1.165) is 13.8 Å². The van der Waals surface area contributed by atoms with E-state index < -0.39 is 41.3 Å². The Morgan fingerprint density at radius 2 is 1.64 bits per heavy atom. The number of amides is 1. The van der Waals surface area contributed by atoms with Crippen molar-refractivity contribution in [3.05, 3.63) is 22.4 Å². The Balaban J connectivity index is 3.31. The largest absolute Gasteiger partial charge is 0.432 e. The number of halogens is 8. The van der Waals surface area contributed by atoms with E-state index >= 15 is 0 Å². The van der Waals surface area contributed by atoms with Crippen molar-refractivity contribution in [1.29, 1.82) is 0 Å². The van der Waals surface area contributed by atoms with Gasteiger partial charge in [-0.05, 0) is 18.9 Å². The Kier molecular flexibility index (Phi) is 4.91. The Bertz CT molecular complexity index is 519. The minimum absolute atomic E-state index is 0.114. The van der Waals surface area contributed by atoms with E-state index in [2.05, 4.69) is 5.32 Å². The van der Waals surface area contributed by atoms with Crippen LogP contribution in [0.3, 0.4) is 0 Å². The molecule has 10 heteroatoms. The Labute approximate surface area is 126 Å². The zero-order valence-corrected chi connectivity index (χ0v) is 12.0. The van der Waals surface area contributed by atoms with E-state index in [1.807, 2.05) is 0 Å². The van der Waals surface area contributed by atoms with Gasteiger partial charge in [0.1, 0.15) is 0 Å². The molecule has 0 bridgehead atoms. The molecule has 0 aromatic heterocycles. The van der Waals surface area contributed by atoms with Crippen molar-refractivity contribution < 1.29 is 35.5 Å². The number of alkyl halides is 7. The van der Waals surface area contributed by atoms with Crippen LogP contribution in [0.25, 0.3) is 0 Å². The maximum atomic E-state index is 14.0. The van der Waals surface area contributed by atoms with Gasteiger partial charge in [0.05, 0.1) is 5.70 Å². The van der Waals surface area contributed by atoms with Crippen molar-refractivity contribution in [2.75, 3.05) is 0 Å². The van der Waals surface area contributed by atoms with Crippen molar-refractivity contribution in [3.63, 3.8) is 0 Å². The first-order chi connectivity index (χ1) is 9.71. The average Bonchev–Trinajstić information content (AvgIpc) is 2.29. The fraction of sp³-hybridized carbons (Fsp3) is 0.583. The molecule has 1 rings (SSSR count). The molecule has 2 nitrogen and oxygen atoms in total. The van der Waals surface area contributed by atoms with Crippen LogP contribution in [0.5, 0.6) is 0 Å². The van der Waals surface area contributed by atoms with Crippen molar-refractivity contribution in [3.8, 4) is 0 Å². The molecule has 1 aliphatic rings. The van der Waals surface area contributed by atoms with Crippen LogP contribution in [0.2, 0.25) is 0 Å². The SMILES string of the molecule is CC(=O)NC1=C(Cl)CC(C(F)(C(F)(F)F)C(F)(F)F)C=C1C. The second-order valence-corrected chi connectivity index (χ2v) is 5.28. The molecule has 1 aliphatic carbocycles. The number of hydrogen-bond donors (Lipinski definition) is 1. The molecule has 0 heterocycles. The summed E-state index contributed by atoms with van der Waals surface area (Å²) in [5.74, 6) is -3.19. The number of hydrogen-bond acceptors (Lipinski definition) is 1. The van der Waals surface area contributed by atoms with Crippen LogP contribution < -0.4 is 5.32 Å². The van der Waals surface area contributed by atoms with Gasteiger partial charge in [-0.15, -0.1) is 0 Å². The first-order valence-corrected chi connectivity index (χ1v) is 6.27. The molecule has 0 aromatic rings. The van der Waals surface area contributed by atoms with Gasteiger partial charge >= 0.3 is 18.0 Å². The van der Waals surface area contributed by atoms with Crippen LogP contribution in [-0.4, -0.2) is 23.9 Å². The van der Waals surface area contributed by atoms with Crippen LogP contribution >= 0.6 is 11.6 Å². The van der Waals surface area contributed by atoms with Gasteiger partial charge in [0, 0.05) is 17.9 Å². The molecule has 126 valence electrons. The van der Waals surface area contributed by atoms with Gasteiger partial charge in [0.15, 0.2) is 0 Å². The summed E-state index contributed by atoms with van der Waals surface area (Å²) in [5.41, 5.74) is -5.72. The molecule has 0 aliphatic heterocycles. The highest BCUT2D eigenvalue weighted by Crippen LogP contribution is 2.54. The topological polar surface area (TPSA) is 29.1 Å². The number of allylic oxidation sites excluding steroid dienone is 3. The summed E-state index contributed by atoms with van der Waals surface area (Å²) in [6.07, 6.45) is -12.9. The molecule has 0 saturated carbocycles. The molecule has 22 heavy (non-hydrogen) atoms. The fourth-order valence-electron chi connectivity index (χ4n) is 2.13. The zero-order valence-electron chi connectivity index (χ0n) is 11.3. The van der Waals surface area contributed by atoms with Gasteiger partial charge in [0.2, 0.25) is 5.91 Å². The monoisotopic (exact) mass is 353 g/mol. The highest BCUT2D eigenvalue weighted by Gasteiger charge is 2.75. The lowest BCUT2D eigenvalue weighted by molar-refractivity contribution is -0.353. The molecule has 0 saturated heterocycles. The smallest absolute Gasteiger partial charge is 0.325 e. The number of carbonyl (C=O) groups is 1. The number of nitrogens with one attached hydrogen (secondary N) is 1. The third kappa shape index (κ3) is 3.23. The summed E-state index contributed by atoms with van der Waals surface area (Å²) in [6.45, 7) is 2.22. The Morgan fingerprint density at radius 1 is 1.18 bits per heavy atom. The maximum absolute atomic E-state index is 14.0. The van der Waals surface area contributed by atoms with Crippen molar-refractivity contribution >= 4 is 17.5 Å². The maximum Gasteiger partial charge on any atom is 0.432 e. The van der Waals surface area contributed by atoms with E-state index in [0.29, 0.717) is 6.08 Å². The van der Waals surface area contributed by atoms with Gasteiger partial charge in [-0.2, -0.15) is 26.3 Å². The molecule has 1 N–H and O–H groups in total. The lowest BCUT2D eigenvalue weighted by atomic mass is 9.80. The normalized spacial score (nSPS) is 20.8. The third-order valence-electron chi connectivity index (χ3n) is 3.15. The third-order valence-corrected chi connectivity index (χ3v) is 3.50. The van der Waals surface area contributed by atoms with E-state index in [1.54, 1.807) is 0 Å². The number of rotatable bonds is 2. The lowest BCUT2D eigenvalue weighted by Gasteiger charge is -2.37. The van der Waals surface area contributed by atoms with Gasteiger partial charge in [-0.1, -0.05) is 17.7 Å². The second-order valence-electron chi connectivity index (χ2n) is 4.83. The predicted molar refractivity (Wildman–Crippen MR) is 64.5 cm³/mol. The predicted octanol–water partition coefficient (Wildman–Crippen LogP) is 4.37. The summed E-state index contributed by atoms with van der Waals surface area (Å²) < 4.78 is 90.1. The Morgan fingerprint density at radius 3 is 1.95 bits per heavy atom. The van der Waals surface area contributed by atoms with Crippen LogP contribution in [-0.2, 0) is 4.79 Å². The van der Waals surface area contributed by atoms with Crippen LogP contribution in [0.4, 0.5) is 30.7 Å². The van der Waals surface area contributed by atoms with E-state index in [1.165, 1.54) is 0 Å². The molecule has 0 fully saturated rings. The molecular formula is C12H11ClF7NO. The fourth-order valence-corrected chi connectivity index (χ4v) is 2.49. The summed E-state index contributed by atoms with van der Waals surface area (Å²) in [7, 11) is 0. The highest BCUT2D eigenvalue weighted by molar-refractivity contribution is 6.30. The second kappa shape index (κ2) is 5.75. The van der Waals surface area contributed by atoms with Gasteiger partial charge in [0.25, 0.3) is 0 Å². The summed E-state index contributed by atoms with van der Waals surface area (Å²) >= 11 is 5.65.